The fourth-order valence-electron chi connectivity index (χ4n) is 1.64. The number of anilines is 1. The lowest BCUT2D eigenvalue weighted by atomic mass is 10.0. The Morgan fingerprint density at radius 1 is 1.39 bits per heavy atom. The lowest BCUT2D eigenvalue weighted by Gasteiger charge is -2.22. The van der Waals surface area contributed by atoms with E-state index in [0.717, 1.165) is 0 Å². The summed E-state index contributed by atoms with van der Waals surface area (Å²) in [6.07, 6.45) is 0.697. The summed E-state index contributed by atoms with van der Waals surface area (Å²) in [4.78, 5) is 11.7. The number of para-hydroxylation sites is 1. The van der Waals surface area contributed by atoms with Crippen LogP contribution in [-0.4, -0.2) is 18.6 Å². The first-order valence-corrected chi connectivity index (χ1v) is 6.06. The van der Waals surface area contributed by atoms with E-state index >= 15 is 0 Å². The summed E-state index contributed by atoms with van der Waals surface area (Å²) in [5.41, 5.74) is 5.66. The molecule has 0 saturated heterocycles. The SMILES string of the molecule is CC(C)C(CCN)NC(=O)Nc1ccccc1F. The molecule has 5 heteroatoms. The Morgan fingerprint density at radius 3 is 2.61 bits per heavy atom. The van der Waals surface area contributed by atoms with Gasteiger partial charge in [-0.15, -0.1) is 0 Å². The average molecular weight is 253 g/mol. The first kappa shape index (κ1) is 14.4. The zero-order valence-corrected chi connectivity index (χ0v) is 10.7. The minimum atomic E-state index is -0.451. The van der Waals surface area contributed by atoms with Crippen molar-refractivity contribution in [1.82, 2.24) is 5.32 Å². The molecule has 1 aromatic carbocycles. The topological polar surface area (TPSA) is 67.1 Å². The van der Waals surface area contributed by atoms with Gasteiger partial charge in [-0.25, -0.2) is 9.18 Å². The minimum absolute atomic E-state index is 0.0122. The van der Waals surface area contributed by atoms with Crippen molar-refractivity contribution in [3.8, 4) is 0 Å². The van der Waals surface area contributed by atoms with Crippen LogP contribution in [0.2, 0.25) is 0 Å². The van der Waals surface area contributed by atoms with Gasteiger partial charge >= 0.3 is 6.03 Å². The number of hydrogen-bond acceptors (Lipinski definition) is 2. The van der Waals surface area contributed by atoms with Crippen molar-refractivity contribution in [1.29, 1.82) is 0 Å². The third-order valence-electron chi connectivity index (χ3n) is 2.72. The highest BCUT2D eigenvalue weighted by Crippen LogP contribution is 2.12. The molecule has 0 spiro atoms. The molecule has 0 saturated carbocycles. The maximum Gasteiger partial charge on any atom is 0.319 e. The van der Waals surface area contributed by atoms with Crippen molar-refractivity contribution in [3.05, 3.63) is 30.1 Å². The number of nitrogens with two attached hydrogens (primary N) is 1. The third kappa shape index (κ3) is 4.33. The highest BCUT2D eigenvalue weighted by Gasteiger charge is 2.15. The number of nitrogens with one attached hydrogen (secondary N) is 2. The predicted molar refractivity (Wildman–Crippen MR) is 70.9 cm³/mol. The van der Waals surface area contributed by atoms with Gasteiger partial charge in [-0.05, 0) is 31.0 Å². The van der Waals surface area contributed by atoms with Crippen LogP contribution in [0.5, 0.6) is 0 Å². The molecule has 0 heterocycles. The van der Waals surface area contributed by atoms with Crippen molar-refractivity contribution >= 4 is 11.7 Å². The van der Waals surface area contributed by atoms with Crippen molar-refractivity contribution in [3.63, 3.8) is 0 Å². The van der Waals surface area contributed by atoms with Gasteiger partial charge in [0.1, 0.15) is 5.82 Å². The number of carbonyl (C=O) groups excluding carboxylic acids is 1. The van der Waals surface area contributed by atoms with Crippen LogP contribution in [0.25, 0.3) is 0 Å². The number of benzene rings is 1. The van der Waals surface area contributed by atoms with Gasteiger partial charge in [0.2, 0.25) is 0 Å². The molecular weight excluding hydrogens is 233 g/mol. The lowest BCUT2D eigenvalue weighted by Crippen LogP contribution is -2.42. The summed E-state index contributed by atoms with van der Waals surface area (Å²) in [6, 6.07) is 5.63. The Labute approximate surface area is 107 Å². The Bertz CT molecular complexity index is 396. The number of hydrogen-bond donors (Lipinski definition) is 3. The van der Waals surface area contributed by atoms with Gasteiger partial charge in [0.15, 0.2) is 0 Å². The Kier molecular flexibility index (Phi) is 5.58. The molecule has 18 heavy (non-hydrogen) atoms. The average Bonchev–Trinajstić information content (AvgIpc) is 2.31. The molecule has 1 unspecified atom stereocenters. The van der Waals surface area contributed by atoms with Crippen LogP contribution in [0, 0.1) is 11.7 Å². The summed E-state index contributed by atoms with van der Waals surface area (Å²) in [5.74, 6) is -0.174. The molecule has 0 bridgehead atoms. The molecule has 4 N–H and O–H groups in total. The van der Waals surface area contributed by atoms with E-state index in [1.807, 2.05) is 13.8 Å². The summed E-state index contributed by atoms with van der Waals surface area (Å²) in [6.45, 7) is 4.51. The van der Waals surface area contributed by atoms with Gasteiger partial charge in [0, 0.05) is 6.04 Å². The smallest absolute Gasteiger partial charge is 0.319 e. The van der Waals surface area contributed by atoms with Crippen molar-refractivity contribution in [2.75, 3.05) is 11.9 Å². The van der Waals surface area contributed by atoms with E-state index in [1.54, 1.807) is 12.1 Å². The molecular formula is C13H20FN3O. The largest absolute Gasteiger partial charge is 0.335 e. The van der Waals surface area contributed by atoms with Crippen molar-refractivity contribution in [2.45, 2.75) is 26.3 Å². The standard InChI is InChI=1S/C13H20FN3O/c1-9(2)11(7-8-15)16-13(18)17-12-6-4-3-5-10(12)14/h3-6,9,11H,7-8,15H2,1-2H3,(H2,16,17,18). The maximum absolute atomic E-state index is 13.3. The lowest BCUT2D eigenvalue weighted by molar-refractivity contribution is 0.243. The van der Waals surface area contributed by atoms with Crippen LogP contribution in [0.15, 0.2) is 24.3 Å². The van der Waals surface area contributed by atoms with E-state index in [1.165, 1.54) is 12.1 Å². The number of urea groups is 1. The van der Waals surface area contributed by atoms with Gasteiger partial charge in [0.25, 0.3) is 0 Å². The van der Waals surface area contributed by atoms with E-state index < -0.39 is 11.8 Å². The zero-order valence-electron chi connectivity index (χ0n) is 10.7. The second kappa shape index (κ2) is 6.96. The minimum Gasteiger partial charge on any atom is -0.335 e. The van der Waals surface area contributed by atoms with Crippen LogP contribution in [0.4, 0.5) is 14.9 Å². The van der Waals surface area contributed by atoms with Crippen LogP contribution < -0.4 is 16.4 Å². The van der Waals surface area contributed by atoms with Crippen LogP contribution in [0.3, 0.4) is 0 Å². The Morgan fingerprint density at radius 2 is 2.06 bits per heavy atom. The molecule has 0 aromatic heterocycles. The van der Waals surface area contributed by atoms with E-state index in [9.17, 15) is 9.18 Å². The molecule has 2 amide bonds. The Balaban J connectivity index is 2.58. The third-order valence-corrected chi connectivity index (χ3v) is 2.72. The van der Waals surface area contributed by atoms with Gasteiger partial charge in [-0.1, -0.05) is 26.0 Å². The molecule has 1 atom stereocenters. The van der Waals surface area contributed by atoms with Crippen LogP contribution in [-0.2, 0) is 0 Å². The number of carbonyl (C=O) groups is 1. The number of rotatable bonds is 5. The first-order chi connectivity index (χ1) is 8.54. The highest BCUT2D eigenvalue weighted by molar-refractivity contribution is 5.89. The molecule has 0 fully saturated rings. The fraction of sp³-hybridized carbons (Fsp3) is 0.462. The zero-order chi connectivity index (χ0) is 13.5. The van der Waals surface area contributed by atoms with E-state index in [4.69, 9.17) is 5.73 Å². The molecule has 1 aromatic rings. The van der Waals surface area contributed by atoms with Gasteiger partial charge in [0.05, 0.1) is 5.69 Å². The number of halogens is 1. The molecule has 4 nitrogen and oxygen atoms in total. The molecule has 0 aliphatic rings. The predicted octanol–water partition coefficient (Wildman–Crippen LogP) is 2.32. The number of amides is 2. The van der Waals surface area contributed by atoms with E-state index in [-0.39, 0.29) is 17.6 Å². The van der Waals surface area contributed by atoms with Crippen molar-refractivity contribution < 1.29 is 9.18 Å². The van der Waals surface area contributed by atoms with Crippen LogP contribution in [0.1, 0.15) is 20.3 Å². The Hall–Kier alpha value is -1.62. The fourth-order valence-corrected chi connectivity index (χ4v) is 1.64. The molecule has 0 radical (unpaired) electrons. The van der Waals surface area contributed by atoms with Gasteiger partial charge in [-0.2, -0.15) is 0 Å². The summed E-state index contributed by atoms with van der Waals surface area (Å²) >= 11 is 0. The molecule has 1 rings (SSSR count). The van der Waals surface area contributed by atoms with Crippen LogP contribution >= 0.6 is 0 Å². The maximum atomic E-state index is 13.3. The van der Waals surface area contributed by atoms with Crippen molar-refractivity contribution in [2.24, 2.45) is 11.7 Å². The van der Waals surface area contributed by atoms with Gasteiger partial charge < -0.3 is 16.4 Å². The molecule has 0 aliphatic carbocycles. The quantitative estimate of drug-likeness (QED) is 0.754. The second-order valence-electron chi connectivity index (χ2n) is 4.51. The highest BCUT2D eigenvalue weighted by atomic mass is 19.1. The van der Waals surface area contributed by atoms with Gasteiger partial charge in [-0.3, -0.25) is 0 Å². The second-order valence-corrected chi connectivity index (χ2v) is 4.51. The molecule has 100 valence electrons. The summed E-state index contributed by atoms with van der Waals surface area (Å²) in [7, 11) is 0. The first-order valence-electron chi connectivity index (χ1n) is 6.06. The normalized spacial score (nSPS) is 12.3. The monoisotopic (exact) mass is 253 g/mol. The summed E-state index contributed by atoms with van der Waals surface area (Å²) in [5, 5.41) is 5.28. The molecule has 0 aliphatic heterocycles. The summed E-state index contributed by atoms with van der Waals surface area (Å²) < 4.78 is 13.3. The van der Waals surface area contributed by atoms with E-state index in [0.29, 0.717) is 13.0 Å². The van der Waals surface area contributed by atoms with E-state index in [2.05, 4.69) is 10.6 Å².